The third kappa shape index (κ3) is 1.21. The van der Waals surface area contributed by atoms with Crippen LogP contribution in [0.15, 0.2) is 18.2 Å². The Morgan fingerprint density at radius 2 is 2.29 bits per heavy atom. The minimum Gasteiger partial charge on any atom is -0.497 e. The first-order chi connectivity index (χ1) is 6.76. The van der Waals surface area contributed by atoms with Gasteiger partial charge in [0, 0.05) is 10.9 Å². The van der Waals surface area contributed by atoms with Crippen LogP contribution in [-0.4, -0.2) is 12.1 Å². The van der Waals surface area contributed by atoms with E-state index < -0.39 is 0 Å². The number of nitriles is 1. The SMILES string of the molecule is COc1ccc2[nH]c(C#N)c(Cl)c2c1. The normalized spacial score (nSPS) is 10.1. The minimum absolute atomic E-state index is 0.384. The first-order valence-corrected chi connectivity index (χ1v) is 4.39. The van der Waals surface area contributed by atoms with Crippen molar-refractivity contribution in [2.75, 3.05) is 7.11 Å². The van der Waals surface area contributed by atoms with Gasteiger partial charge >= 0.3 is 0 Å². The van der Waals surface area contributed by atoms with Crippen molar-refractivity contribution in [2.45, 2.75) is 0 Å². The predicted octanol–water partition coefficient (Wildman–Crippen LogP) is 2.70. The van der Waals surface area contributed by atoms with E-state index in [1.54, 1.807) is 13.2 Å². The lowest BCUT2D eigenvalue weighted by molar-refractivity contribution is 0.415. The molecule has 0 aliphatic carbocycles. The standard InChI is InChI=1S/C10H7ClN2O/c1-14-6-2-3-8-7(4-6)10(11)9(5-12)13-8/h2-4,13H,1H3. The summed E-state index contributed by atoms with van der Waals surface area (Å²) in [4.78, 5) is 2.92. The van der Waals surface area contributed by atoms with Crippen molar-refractivity contribution >= 4 is 22.5 Å². The van der Waals surface area contributed by atoms with Gasteiger partial charge in [-0.1, -0.05) is 11.6 Å². The van der Waals surface area contributed by atoms with E-state index in [9.17, 15) is 0 Å². The molecule has 2 aromatic rings. The third-order valence-electron chi connectivity index (χ3n) is 2.05. The number of aromatic nitrogens is 1. The second kappa shape index (κ2) is 3.24. The Hall–Kier alpha value is -1.66. The van der Waals surface area contributed by atoms with E-state index in [1.807, 2.05) is 18.2 Å². The highest BCUT2D eigenvalue weighted by molar-refractivity contribution is 6.36. The van der Waals surface area contributed by atoms with Crippen molar-refractivity contribution < 1.29 is 4.74 Å². The number of benzene rings is 1. The molecule has 0 fully saturated rings. The monoisotopic (exact) mass is 206 g/mol. The first-order valence-electron chi connectivity index (χ1n) is 4.01. The molecule has 14 heavy (non-hydrogen) atoms. The number of methoxy groups -OCH3 is 1. The van der Waals surface area contributed by atoms with E-state index >= 15 is 0 Å². The fourth-order valence-corrected chi connectivity index (χ4v) is 1.59. The summed E-state index contributed by atoms with van der Waals surface area (Å²) in [5, 5.41) is 10.0. The molecule has 0 aliphatic rings. The van der Waals surface area contributed by atoms with Crippen LogP contribution in [0.5, 0.6) is 5.75 Å². The molecule has 4 heteroatoms. The van der Waals surface area contributed by atoms with Gasteiger partial charge in [0.25, 0.3) is 0 Å². The van der Waals surface area contributed by atoms with E-state index in [2.05, 4.69) is 4.98 Å². The maximum Gasteiger partial charge on any atom is 0.137 e. The van der Waals surface area contributed by atoms with Crippen LogP contribution in [0.25, 0.3) is 10.9 Å². The molecule has 1 heterocycles. The molecule has 1 aromatic heterocycles. The zero-order chi connectivity index (χ0) is 10.1. The van der Waals surface area contributed by atoms with Crippen molar-refractivity contribution in [3.63, 3.8) is 0 Å². The van der Waals surface area contributed by atoms with E-state index in [-0.39, 0.29) is 0 Å². The lowest BCUT2D eigenvalue weighted by Crippen LogP contribution is -1.80. The number of ether oxygens (including phenoxy) is 1. The van der Waals surface area contributed by atoms with Crippen molar-refractivity contribution in [1.29, 1.82) is 5.26 Å². The van der Waals surface area contributed by atoms with Crippen LogP contribution in [0.2, 0.25) is 5.02 Å². The second-order valence-corrected chi connectivity index (χ2v) is 3.22. The summed E-state index contributed by atoms with van der Waals surface area (Å²) in [5.41, 5.74) is 1.22. The number of nitrogens with zero attached hydrogens (tertiary/aromatic N) is 1. The van der Waals surface area contributed by atoms with Gasteiger partial charge in [0.15, 0.2) is 0 Å². The molecule has 1 N–H and O–H groups in total. The van der Waals surface area contributed by atoms with Gasteiger partial charge in [-0.2, -0.15) is 5.26 Å². The van der Waals surface area contributed by atoms with Gasteiger partial charge in [-0.25, -0.2) is 0 Å². The molecule has 0 unspecified atom stereocenters. The smallest absolute Gasteiger partial charge is 0.137 e. The summed E-state index contributed by atoms with van der Waals surface area (Å²) >= 11 is 5.98. The van der Waals surface area contributed by atoms with Crippen LogP contribution in [0, 0.1) is 11.3 Å². The highest BCUT2D eigenvalue weighted by atomic mass is 35.5. The van der Waals surface area contributed by atoms with Gasteiger partial charge in [-0.3, -0.25) is 0 Å². The molecule has 0 atom stereocenters. The maximum absolute atomic E-state index is 8.75. The van der Waals surface area contributed by atoms with Crippen molar-refractivity contribution in [3.8, 4) is 11.8 Å². The fraction of sp³-hybridized carbons (Fsp3) is 0.100. The van der Waals surface area contributed by atoms with Gasteiger partial charge in [-0.15, -0.1) is 0 Å². The second-order valence-electron chi connectivity index (χ2n) is 2.84. The Bertz CT molecular complexity index is 525. The van der Waals surface area contributed by atoms with E-state index in [0.29, 0.717) is 10.7 Å². The van der Waals surface area contributed by atoms with E-state index in [1.165, 1.54) is 0 Å². The number of halogens is 1. The molecule has 0 amide bonds. The molecule has 0 saturated heterocycles. The first kappa shape index (κ1) is 8.92. The average Bonchev–Trinajstić information content (AvgIpc) is 2.55. The van der Waals surface area contributed by atoms with Crippen LogP contribution in [0.1, 0.15) is 5.69 Å². The van der Waals surface area contributed by atoms with Crippen LogP contribution < -0.4 is 4.74 Å². The quantitative estimate of drug-likeness (QED) is 0.780. The van der Waals surface area contributed by atoms with Crippen LogP contribution in [0.4, 0.5) is 0 Å². The number of hydrogen-bond donors (Lipinski definition) is 1. The Balaban J connectivity index is 2.76. The molecule has 0 saturated carbocycles. The fourth-order valence-electron chi connectivity index (χ4n) is 1.34. The molecular formula is C10H7ClN2O. The van der Waals surface area contributed by atoms with Crippen LogP contribution in [-0.2, 0) is 0 Å². The number of nitrogens with one attached hydrogen (secondary N) is 1. The van der Waals surface area contributed by atoms with Crippen LogP contribution in [0.3, 0.4) is 0 Å². The number of H-pyrrole nitrogens is 1. The van der Waals surface area contributed by atoms with Crippen molar-refractivity contribution in [2.24, 2.45) is 0 Å². The van der Waals surface area contributed by atoms with E-state index in [4.69, 9.17) is 21.6 Å². The molecule has 0 bridgehead atoms. The summed E-state index contributed by atoms with van der Waals surface area (Å²) < 4.78 is 5.06. The van der Waals surface area contributed by atoms with Gasteiger partial charge in [0.2, 0.25) is 0 Å². The Morgan fingerprint density at radius 3 is 2.93 bits per heavy atom. The molecule has 3 nitrogen and oxygen atoms in total. The van der Waals surface area contributed by atoms with Crippen molar-refractivity contribution in [3.05, 3.63) is 28.9 Å². The summed E-state index contributed by atoms with van der Waals surface area (Å²) in [6.07, 6.45) is 0. The third-order valence-corrected chi connectivity index (χ3v) is 2.45. The largest absolute Gasteiger partial charge is 0.497 e. The minimum atomic E-state index is 0.384. The molecule has 1 aromatic carbocycles. The lowest BCUT2D eigenvalue weighted by Gasteiger charge is -1.98. The predicted molar refractivity (Wildman–Crippen MR) is 54.6 cm³/mol. The Morgan fingerprint density at radius 1 is 1.50 bits per heavy atom. The summed E-state index contributed by atoms with van der Waals surface area (Å²) in [5.74, 6) is 0.725. The number of fused-ring (bicyclic) bond motifs is 1. The summed E-state index contributed by atoms with van der Waals surface area (Å²) in [6, 6.07) is 7.44. The topological polar surface area (TPSA) is 48.8 Å². The molecule has 0 aliphatic heterocycles. The molecular weight excluding hydrogens is 200 g/mol. The van der Waals surface area contributed by atoms with Crippen LogP contribution >= 0.6 is 11.6 Å². The number of hydrogen-bond acceptors (Lipinski definition) is 2. The van der Waals surface area contributed by atoms with Gasteiger partial charge in [0.1, 0.15) is 17.5 Å². The van der Waals surface area contributed by atoms with Crippen molar-refractivity contribution in [1.82, 2.24) is 4.98 Å². The zero-order valence-corrected chi connectivity index (χ0v) is 8.22. The number of rotatable bonds is 1. The van der Waals surface area contributed by atoms with Gasteiger partial charge < -0.3 is 9.72 Å². The van der Waals surface area contributed by atoms with E-state index in [0.717, 1.165) is 16.7 Å². The summed E-state index contributed by atoms with van der Waals surface area (Å²) in [6.45, 7) is 0. The Labute approximate surface area is 85.9 Å². The lowest BCUT2D eigenvalue weighted by atomic mass is 10.2. The molecule has 0 radical (unpaired) electrons. The summed E-state index contributed by atoms with van der Waals surface area (Å²) in [7, 11) is 1.59. The highest BCUT2D eigenvalue weighted by Gasteiger charge is 2.09. The number of aromatic amines is 1. The average molecular weight is 207 g/mol. The molecule has 70 valence electrons. The van der Waals surface area contributed by atoms with Gasteiger partial charge in [0.05, 0.1) is 12.1 Å². The zero-order valence-electron chi connectivity index (χ0n) is 7.47. The maximum atomic E-state index is 8.75. The van der Waals surface area contributed by atoms with Gasteiger partial charge in [-0.05, 0) is 18.2 Å². The molecule has 2 rings (SSSR count). The Kier molecular flexibility index (Phi) is 2.06. The highest BCUT2D eigenvalue weighted by Crippen LogP contribution is 2.29. The molecule has 0 spiro atoms.